The van der Waals surface area contributed by atoms with Gasteiger partial charge in [-0.2, -0.15) is 0 Å². The molecule has 15 nitrogen and oxygen atoms in total. The molecule has 3 aromatic heterocycles. The maximum Gasteiger partial charge on any atom is 0.293 e. The molecule has 1 unspecified atom stereocenters. The van der Waals surface area contributed by atoms with Crippen LogP contribution in [0.4, 0.5) is 17.2 Å². The van der Waals surface area contributed by atoms with Crippen LogP contribution in [0, 0.1) is 21.4 Å². The lowest BCUT2D eigenvalue weighted by Crippen LogP contribution is -2.55. The quantitative estimate of drug-likeness (QED) is 0.0663. The van der Waals surface area contributed by atoms with Gasteiger partial charge in [0, 0.05) is 61.6 Å². The predicted molar refractivity (Wildman–Crippen MR) is 238 cm³/mol. The Morgan fingerprint density at radius 1 is 1.00 bits per heavy atom. The number of hydrogen-bond donors (Lipinski definition) is 4. The Morgan fingerprint density at radius 3 is 2.56 bits per heavy atom. The Balaban J connectivity index is 0.903. The number of H-pyrrole nitrogens is 1. The number of aromatic nitrogens is 3. The van der Waals surface area contributed by atoms with Crippen molar-refractivity contribution in [2.24, 2.45) is 11.3 Å². The van der Waals surface area contributed by atoms with Crippen molar-refractivity contribution in [2.45, 2.75) is 88.1 Å². The maximum atomic E-state index is 13.9. The number of aromatic amines is 1. The van der Waals surface area contributed by atoms with Crippen LogP contribution in [0.5, 0.6) is 11.5 Å². The summed E-state index contributed by atoms with van der Waals surface area (Å²) in [5.74, 6) is 0.919. The number of nitrogens with zero attached hydrogens (tertiary/aromatic N) is 5. The molecule has 9 rings (SSSR count). The number of nitro benzene ring substituents is 1. The molecular formula is C46H55N9O6S. The topological polar surface area (TPSA) is 188 Å². The minimum atomic E-state index is -4.56. The summed E-state index contributed by atoms with van der Waals surface area (Å²) in [5, 5.41) is 19.3. The standard InChI is InChI=1S/C46H55N9O6S/c1-30(2)36-6-3-4-7-37(36)40-8-5-19-54(40)33-25-46(26-33)14-20-53(21-15-46)43-24-42(61-34-22-32-13-18-48-44(32)51-28-34)38(29-50-43)45(56)52-62(59,60)35-9-10-39(41(23-35)55(57)58)49-27-31-11-16-47-17-12-31/h3-4,6-7,9-10,13,18,22-24,28-31,33,40,47,49H,5,8,11-12,14-17,19-21,25-27H2,1-2H3,(H,48,51)(H,52,56). The van der Waals surface area contributed by atoms with E-state index in [0.717, 1.165) is 69.9 Å². The molecule has 2 aromatic carbocycles. The zero-order chi connectivity index (χ0) is 43.0. The summed E-state index contributed by atoms with van der Waals surface area (Å²) < 4.78 is 35.8. The van der Waals surface area contributed by atoms with Crippen LogP contribution >= 0.6 is 0 Å². The van der Waals surface area contributed by atoms with E-state index in [2.05, 4.69) is 78.2 Å². The number of amides is 1. The van der Waals surface area contributed by atoms with Gasteiger partial charge in [-0.05, 0) is 124 Å². The molecule has 1 atom stereocenters. The molecule has 3 saturated heterocycles. The number of rotatable bonds is 13. The van der Waals surface area contributed by atoms with Crippen molar-refractivity contribution in [1.29, 1.82) is 0 Å². The molecule has 5 aromatic rings. The van der Waals surface area contributed by atoms with Gasteiger partial charge in [-0.25, -0.2) is 23.1 Å². The van der Waals surface area contributed by atoms with Gasteiger partial charge < -0.3 is 25.3 Å². The van der Waals surface area contributed by atoms with Gasteiger partial charge in [0.1, 0.15) is 34.2 Å². The van der Waals surface area contributed by atoms with Crippen molar-refractivity contribution in [1.82, 2.24) is 29.9 Å². The van der Waals surface area contributed by atoms with Crippen LogP contribution in [-0.4, -0.2) is 84.4 Å². The number of hydrogen-bond acceptors (Lipinski definition) is 12. The fourth-order valence-corrected chi connectivity index (χ4v) is 11.2. The van der Waals surface area contributed by atoms with Crippen LogP contribution in [0.1, 0.15) is 98.7 Å². The van der Waals surface area contributed by atoms with Gasteiger partial charge in [0.2, 0.25) is 0 Å². The molecule has 6 heterocycles. The van der Waals surface area contributed by atoms with E-state index >= 15 is 0 Å². The Morgan fingerprint density at radius 2 is 1.79 bits per heavy atom. The van der Waals surface area contributed by atoms with E-state index in [1.165, 1.54) is 61.3 Å². The summed E-state index contributed by atoms with van der Waals surface area (Å²) in [7, 11) is -4.56. The van der Waals surface area contributed by atoms with Crippen molar-refractivity contribution < 1.29 is 22.9 Å². The number of sulfonamides is 1. The maximum absolute atomic E-state index is 13.9. The number of benzene rings is 2. The van der Waals surface area contributed by atoms with E-state index in [-0.39, 0.29) is 22.4 Å². The predicted octanol–water partition coefficient (Wildman–Crippen LogP) is 7.90. The SMILES string of the molecule is CC(C)c1ccccc1C1CCCN1C1CC2(CCN(c3cc(Oc4cnc5[nH]ccc5c4)c(C(=O)NS(=O)(=O)c4ccc(NCC5CCNCC5)c([N+](=O)[O-])c4)cn3)CC2)C1. The van der Waals surface area contributed by atoms with Gasteiger partial charge in [0.25, 0.3) is 21.6 Å². The third-order valence-corrected chi connectivity index (χ3v) is 15.0. The van der Waals surface area contributed by atoms with Crippen molar-refractivity contribution in [3.63, 3.8) is 0 Å². The highest BCUT2D eigenvalue weighted by molar-refractivity contribution is 7.90. The molecule has 4 aliphatic rings. The summed E-state index contributed by atoms with van der Waals surface area (Å²) in [6.45, 7) is 9.57. The van der Waals surface area contributed by atoms with E-state index < -0.39 is 31.4 Å². The summed E-state index contributed by atoms with van der Waals surface area (Å²) >= 11 is 0. The van der Waals surface area contributed by atoms with E-state index in [1.54, 1.807) is 18.3 Å². The Labute approximate surface area is 362 Å². The van der Waals surface area contributed by atoms with E-state index in [9.17, 15) is 23.3 Å². The number of carbonyl (C=O) groups excluding carboxylic acids is 1. The highest BCUT2D eigenvalue weighted by Gasteiger charge is 2.50. The summed E-state index contributed by atoms with van der Waals surface area (Å²) in [5.41, 5.74) is 3.61. The molecular weight excluding hydrogens is 807 g/mol. The van der Waals surface area contributed by atoms with Crippen LogP contribution in [0.15, 0.2) is 84.1 Å². The second kappa shape index (κ2) is 17.3. The minimum Gasteiger partial charge on any atom is -0.455 e. The Hall–Kier alpha value is -5.58. The number of nitro groups is 1. The molecule has 3 aliphatic heterocycles. The lowest BCUT2D eigenvalue weighted by molar-refractivity contribution is -0.384. The first-order valence-electron chi connectivity index (χ1n) is 22.0. The lowest BCUT2D eigenvalue weighted by Gasteiger charge is -2.56. The molecule has 4 N–H and O–H groups in total. The van der Waals surface area contributed by atoms with E-state index in [0.29, 0.717) is 47.7 Å². The number of ether oxygens (including phenoxy) is 1. The summed E-state index contributed by atoms with van der Waals surface area (Å²) in [4.78, 5) is 42.1. The molecule has 1 spiro atoms. The van der Waals surface area contributed by atoms with Crippen molar-refractivity contribution in [3.8, 4) is 11.5 Å². The summed E-state index contributed by atoms with van der Waals surface area (Å²) in [6, 6.07) is 18.9. The number of anilines is 2. The number of nitrogens with one attached hydrogen (secondary N) is 4. The van der Waals surface area contributed by atoms with Crippen molar-refractivity contribution in [3.05, 3.63) is 106 Å². The van der Waals surface area contributed by atoms with Crippen molar-refractivity contribution >= 4 is 44.2 Å². The highest BCUT2D eigenvalue weighted by Crippen LogP contribution is 2.54. The van der Waals surface area contributed by atoms with Crippen LogP contribution in [0.25, 0.3) is 11.0 Å². The van der Waals surface area contributed by atoms with Gasteiger partial charge in [-0.3, -0.25) is 19.8 Å². The molecule has 1 saturated carbocycles. The Bertz CT molecular complexity index is 2560. The van der Waals surface area contributed by atoms with Crippen LogP contribution in [0.2, 0.25) is 0 Å². The number of fused-ring (bicyclic) bond motifs is 1. The van der Waals surface area contributed by atoms with Gasteiger partial charge in [0.05, 0.1) is 16.0 Å². The number of likely N-dealkylation sites (tertiary alicyclic amines) is 1. The third kappa shape index (κ3) is 8.59. The van der Waals surface area contributed by atoms with Gasteiger partial charge in [0.15, 0.2) is 0 Å². The molecule has 62 heavy (non-hydrogen) atoms. The van der Waals surface area contributed by atoms with Crippen molar-refractivity contribution in [2.75, 3.05) is 49.5 Å². The van der Waals surface area contributed by atoms with E-state index in [4.69, 9.17) is 4.74 Å². The molecule has 0 radical (unpaired) electrons. The first-order chi connectivity index (χ1) is 29.9. The molecule has 326 valence electrons. The average molecular weight is 862 g/mol. The summed E-state index contributed by atoms with van der Waals surface area (Å²) in [6.07, 6.45) is 13.4. The van der Waals surface area contributed by atoms with Gasteiger partial charge >= 0.3 is 0 Å². The second-order valence-electron chi connectivity index (χ2n) is 17.9. The average Bonchev–Trinajstić information content (AvgIpc) is 3.95. The third-order valence-electron chi connectivity index (χ3n) is 13.7. The lowest BCUT2D eigenvalue weighted by atomic mass is 9.60. The molecule has 0 bridgehead atoms. The van der Waals surface area contributed by atoms with Gasteiger partial charge in [-0.1, -0.05) is 38.1 Å². The molecule has 1 amide bonds. The number of piperidine rings is 2. The fraction of sp³-hybridized carbons (Fsp3) is 0.457. The second-order valence-corrected chi connectivity index (χ2v) is 19.6. The molecule has 16 heteroatoms. The number of carbonyl (C=O) groups is 1. The van der Waals surface area contributed by atoms with Crippen LogP contribution < -0.4 is 25.0 Å². The van der Waals surface area contributed by atoms with Crippen LogP contribution in [-0.2, 0) is 10.0 Å². The highest BCUT2D eigenvalue weighted by atomic mass is 32.2. The Kier molecular flexibility index (Phi) is 11.6. The number of pyridine rings is 2. The largest absolute Gasteiger partial charge is 0.455 e. The minimum absolute atomic E-state index is 0.105. The van der Waals surface area contributed by atoms with Crippen LogP contribution in [0.3, 0.4) is 0 Å². The zero-order valence-electron chi connectivity index (χ0n) is 35.3. The smallest absolute Gasteiger partial charge is 0.293 e. The monoisotopic (exact) mass is 861 g/mol. The fourth-order valence-electron chi connectivity index (χ4n) is 10.2. The first-order valence-corrected chi connectivity index (χ1v) is 23.4. The first kappa shape index (κ1) is 41.8. The molecule has 4 fully saturated rings. The van der Waals surface area contributed by atoms with E-state index in [1.807, 2.05) is 6.07 Å². The van der Waals surface area contributed by atoms with Gasteiger partial charge in [-0.15, -0.1) is 0 Å². The normalized spacial score (nSPS) is 19.8. The zero-order valence-corrected chi connectivity index (χ0v) is 36.1. The molecule has 1 aliphatic carbocycles.